The molecule has 61 heavy (non-hydrogen) atoms. The van der Waals surface area contributed by atoms with Crippen LogP contribution in [0.25, 0.3) is 0 Å². The van der Waals surface area contributed by atoms with Crippen LogP contribution in [0.5, 0.6) is 0 Å². The number of ether oxygens (including phenoxy) is 3. The van der Waals surface area contributed by atoms with Crippen LogP contribution < -0.4 is 5.32 Å². The van der Waals surface area contributed by atoms with Gasteiger partial charge in [-0.2, -0.15) is 0 Å². The van der Waals surface area contributed by atoms with Gasteiger partial charge >= 0.3 is 24.0 Å². The Hall–Kier alpha value is -4.74. The van der Waals surface area contributed by atoms with Gasteiger partial charge in [0.1, 0.15) is 18.1 Å². The highest BCUT2D eigenvalue weighted by atomic mass is 16.5. The van der Waals surface area contributed by atoms with Crippen LogP contribution in [0.1, 0.15) is 116 Å². The van der Waals surface area contributed by atoms with Gasteiger partial charge in [-0.25, -0.2) is 9.59 Å². The molecule has 0 aliphatic heterocycles. The van der Waals surface area contributed by atoms with E-state index >= 15 is 0 Å². The molecule has 3 aromatic rings. The van der Waals surface area contributed by atoms with Crippen LogP contribution in [0, 0.1) is 20.8 Å². The Bertz CT molecular complexity index is 1450. The van der Waals surface area contributed by atoms with Crippen molar-refractivity contribution in [2.24, 2.45) is 0 Å². The van der Waals surface area contributed by atoms with Crippen molar-refractivity contribution in [1.29, 1.82) is 0 Å². The lowest BCUT2D eigenvalue weighted by molar-refractivity contribution is -0.146. The molecule has 1 amide bonds. The van der Waals surface area contributed by atoms with Gasteiger partial charge in [0, 0.05) is 13.5 Å². The maximum Gasteiger partial charge on any atom is 0.407 e. The molecule has 0 aromatic heterocycles. The van der Waals surface area contributed by atoms with E-state index in [0.717, 1.165) is 27.2 Å². The predicted octanol–water partition coefficient (Wildman–Crippen LogP) is 10.8. The molecule has 0 aliphatic rings. The highest BCUT2D eigenvalue weighted by Crippen LogP contribution is 2.12. The van der Waals surface area contributed by atoms with Gasteiger partial charge in [0.25, 0.3) is 0 Å². The topological polar surface area (TPSA) is 135 Å². The number of rotatable bonds is 12. The third kappa shape index (κ3) is 32.7. The Labute approximate surface area is 373 Å². The smallest absolute Gasteiger partial charge is 0.407 e. The number of benzene rings is 3. The third-order valence-electron chi connectivity index (χ3n) is 7.83. The molecule has 352 valence electrons. The fraction of sp³-hybridized carbons (Fsp3) is 0.560. The summed E-state index contributed by atoms with van der Waals surface area (Å²) in [5, 5.41) is 11.9. The first-order chi connectivity index (χ1) is 29.2. The second kappa shape index (κ2) is 46.3. The monoisotopic (exact) mass is 860 g/mol. The number of nitrogens with zero attached hydrogens (tertiary/aromatic N) is 2. The number of carbonyl (C=O) groups excluding carboxylic acids is 3. The zero-order chi connectivity index (χ0) is 49.1. The van der Waals surface area contributed by atoms with Crippen molar-refractivity contribution in [2.75, 3.05) is 49.5 Å². The van der Waals surface area contributed by atoms with E-state index in [9.17, 15) is 19.2 Å². The van der Waals surface area contributed by atoms with E-state index in [1.54, 1.807) is 7.05 Å². The molecule has 0 saturated carbocycles. The van der Waals surface area contributed by atoms with Crippen molar-refractivity contribution >= 4 is 24.0 Å². The molecular formula is C50H89N3O8. The second-order valence-electron chi connectivity index (χ2n) is 11.9. The molecular weight excluding hydrogens is 771 g/mol. The number of esters is 3. The van der Waals surface area contributed by atoms with Crippen molar-refractivity contribution in [3.05, 3.63) is 106 Å². The van der Waals surface area contributed by atoms with Crippen LogP contribution >= 0.6 is 0 Å². The summed E-state index contributed by atoms with van der Waals surface area (Å²) >= 11 is 0. The number of hydrogen-bond donors (Lipinski definition) is 2. The number of hydrogen-bond acceptors (Lipinski definition) is 9. The summed E-state index contributed by atoms with van der Waals surface area (Å²) in [7, 11) is 11.0. The van der Waals surface area contributed by atoms with Gasteiger partial charge in [-0.15, -0.1) is 0 Å². The van der Waals surface area contributed by atoms with E-state index in [2.05, 4.69) is 34.3 Å². The van der Waals surface area contributed by atoms with Crippen LogP contribution in [-0.2, 0) is 47.9 Å². The van der Waals surface area contributed by atoms with Crippen LogP contribution in [0.4, 0.5) is 4.79 Å². The predicted molar refractivity (Wildman–Crippen MR) is 259 cm³/mol. The highest BCUT2D eigenvalue weighted by molar-refractivity contribution is 5.81. The first-order valence-electron chi connectivity index (χ1n) is 21.9. The summed E-state index contributed by atoms with van der Waals surface area (Å²) in [6.45, 7) is 30.1. The molecule has 0 heterocycles. The highest BCUT2D eigenvalue weighted by Gasteiger charge is 2.27. The first-order valence-corrected chi connectivity index (χ1v) is 21.9. The Morgan fingerprint density at radius 1 is 0.492 bits per heavy atom. The van der Waals surface area contributed by atoms with E-state index in [1.807, 2.05) is 171 Å². The molecule has 3 rings (SSSR count). The summed E-state index contributed by atoms with van der Waals surface area (Å²) in [5.41, 5.74) is 6.73. The fourth-order valence-corrected chi connectivity index (χ4v) is 4.56. The maximum absolute atomic E-state index is 11.6. The Morgan fingerprint density at radius 3 is 1.00 bits per heavy atom. The molecule has 11 nitrogen and oxygen atoms in total. The van der Waals surface area contributed by atoms with E-state index in [4.69, 9.17) is 14.6 Å². The number of methoxy groups -OCH3 is 3. The third-order valence-corrected chi connectivity index (χ3v) is 7.83. The fourth-order valence-electron chi connectivity index (χ4n) is 4.56. The van der Waals surface area contributed by atoms with Crippen LogP contribution in [-0.4, -0.2) is 107 Å². The summed E-state index contributed by atoms with van der Waals surface area (Å²) in [6.07, 6.45) is 0.483. The minimum absolute atomic E-state index is 0.189. The maximum atomic E-state index is 11.6. The van der Waals surface area contributed by atoms with E-state index < -0.39 is 18.1 Å². The molecule has 3 atom stereocenters. The summed E-state index contributed by atoms with van der Waals surface area (Å²) in [5.74, 6) is -0.968. The quantitative estimate of drug-likeness (QED) is 0.134. The average molecular weight is 860 g/mol. The van der Waals surface area contributed by atoms with E-state index in [0.29, 0.717) is 19.3 Å². The van der Waals surface area contributed by atoms with Crippen LogP contribution in [0.2, 0.25) is 0 Å². The Balaban J connectivity index is -0.000000165. The van der Waals surface area contributed by atoms with Crippen molar-refractivity contribution in [2.45, 2.75) is 141 Å². The molecule has 0 fully saturated rings. The van der Waals surface area contributed by atoms with Crippen LogP contribution in [0.3, 0.4) is 0 Å². The summed E-state index contributed by atoms with van der Waals surface area (Å²) in [6, 6.07) is 22.6. The standard InChI is InChI=1S/C13H17NO4.C13H19NO2.C12H17NO2.6C2H6/c1-9-4-6-10(7-5-9)8-11(12(15)18-3)14(2)13(16)17;1-10-5-7-11(8-6-10)9-12(14(2)3)13(15)16-4;1-9-4-6-10(7-5-9)8-11(13-2)12(14)15-3;6*1-2/h4-7,11H,8H2,1-3H3,(H,16,17);5-8,12H,9H2,1-4H3;4-7,11,13H,8H2,1-3H3;6*1-2H3/t11-;12-;11-;;;;;;/m000....../s1. The van der Waals surface area contributed by atoms with E-state index in [-0.39, 0.29) is 24.0 Å². The minimum atomic E-state index is -1.16. The molecule has 11 heteroatoms. The minimum Gasteiger partial charge on any atom is -0.468 e. The Kier molecular flexibility index (Phi) is 51.7. The van der Waals surface area contributed by atoms with E-state index in [1.165, 1.54) is 39.5 Å². The number of carboxylic acid groups (broad SMARTS) is 1. The lowest BCUT2D eigenvalue weighted by Gasteiger charge is -2.23. The normalized spacial score (nSPS) is 10.3. The van der Waals surface area contributed by atoms with Gasteiger partial charge in [0.05, 0.1) is 21.3 Å². The van der Waals surface area contributed by atoms with Crippen LogP contribution in [0.15, 0.2) is 72.8 Å². The Morgan fingerprint density at radius 2 is 0.754 bits per heavy atom. The van der Waals surface area contributed by atoms with Crippen molar-refractivity contribution in [3.8, 4) is 0 Å². The number of amides is 1. The second-order valence-corrected chi connectivity index (χ2v) is 11.9. The number of nitrogens with one attached hydrogen (secondary N) is 1. The lowest BCUT2D eigenvalue weighted by atomic mass is 10.0. The summed E-state index contributed by atoms with van der Waals surface area (Å²) < 4.78 is 14.1. The number of aryl methyl sites for hydroxylation is 3. The van der Waals surface area contributed by atoms with Gasteiger partial charge in [-0.05, 0) is 71.4 Å². The zero-order valence-corrected chi connectivity index (χ0v) is 42.5. The molecule has 0 unspecified atom stereocenters. The van der Waals surface area contributed by atoms with Gasteiger partial charge in [-0.3, -0.25) is 19.4 Å². The summed E-state index contributed by atoms with van der Waals surface area (Å²) in [4.78, 5) is 48.3. The van der Waals surface area contributed by atoms with Crippen molar-refractivity contribution < 1.29 is 38.5 Å². The van der Waals surface area contributed by atoms with Gasteiger partial charge < -0.3 is 24.6 Å². The SMILES string of the molecule is CC.CC.CC.CC.CC.CC.CN[C@@H](Cc1ccc(C)cc1)C(=O)OC.COC(=O)[C@H](Cc1ccc(C)cc1)N(C)C.COC(=O)[C@H](Cc1ccc(C)cc1)N(C)C(=O)O. The van der Waals surface area contributed by atoms with Gasteiger partial charge in [-0.1, -0.05) is 173 Å². The first kappa shape index (κ1) is 68.0. The molecule has 0 bridgehead atoms. The van der Waals surface area contributed by atoms with Crippen molar-refractivity contribution in [1.82, 2.24) is 15.1 Å². The zero-order valence-electron chi connectivity index (χ0n) is 42.5. The van der Waals surface area contributed by atoms with Gasteiger partial charge in [0.2, 0.25) is 0 Å². The molecule has 3 aromatic carbocycles. The van der Waals surface area contributed by atoms with Crippen molar-refractivity contribution in [3.63, 3.8) is 0 Å². The molecule has 0 saturated heterocycles. The lowest BCUT2D eigenvalue weighted by Crippen LogP contribution is -2.43. The number of likely N-dealkylation sites (N-methyl/N-ethyl adjacent to an activating group) is 3. The number of carbonyl (C=O) groups is 4. The average Bonchev–Trinajstić information content (AvgIpc) is 3.31. The largest absolute Gasteiger partial charge is 0.468 e. The molecule has 0 aliphatic carbocycles. The van der Waals surface area contributed by atoms with Gasteiger partial charge in [0.15, 0.2) is 0 Å². The molecule has 0 spiro atoms. The molecule has 0 radical (unpaired) electrons. The molecule has 2 N–H and O–H groups in total.